The molecule has 0 aliphatic heterocycles. The van der Waals surface area contributed by atoms with Gasteiger partial charge in [0.2, 0.25) is 0 Å². The van der Waals surface area contributed by atoms with Gasteiger partial charge in [-0.05, 0) is 24.3 Å². The van der Waals surface area contributed by atoms with Gasteiger partial charge in [-0.1, -0.05) is 23.6 Å². The van der Waals surface area contributed by atoms with Crippen molar-refractivity contribution in [3.63, 3.8) is 0 Å². The first-order valence-electron chi connectivity index (χ1n) is 5.98. The van der Waals surface area contributed by atoms with Crippen molar-refractivity contribution in [3.05, 3.63) is 29.8 Å². The molecular weight excluding hydrogens is 327 g/mol. The van der Waals surface area contributed by atoms with Gasteiger partial charge in [-0.25, -0.2) is 0 Å². The molecule has 0 saturated heterocycles. The van der Waals surface area contributed by atoms with Gasteiger partial charge in [0.15, 0.2) is 5.12 Å². The quantitative estimate of drug-likeness (QED) is 0.467. The maximum Gasteiger partial charge on any atom is 0.499 e. The normalized spacial score (nSPS) is 11.5. The van der Waals surface area contributed by atoms with Crippen molar-refractivity contribution in [1.82, 2.24) is 0 Å². The molecular formula is C14H11F5O2S. The largest absolute Gasteiger partial charge is 0.499 e. The predicted molar refractivity (Wildman–Crippen MR) is 72.7 cm³/mol. The molecule has 0 unspecified atom stereocenters. The number of halogens is 5. The fraction of sp³-hybridized carbons (Fsp3) is 0.357. The van der Waals surface area contributed by atoms with Crippen LogP contribution in [-0.4, -0.2) is 23.2 Å². The van der Waals surface area contributed by atoms with E-state index in [1.165, 1.54) is 19.1 Å². The first-order chi connectivity index (χ1) is 10.1. The summed E-state index contributed by atoms with van der Waals surface area (Å²) in [5, 5.41) is -0.0195. The van der Waals surface area contributed by atoms with E-state index in [-0.39, 0.29) is 5.12 Å². The maximum absolute atomic E-state index is 12.7. The fourth-order valence-corrected chi connectivity index (χ4v) is 1.71. The number of rotatable bonds is 4. The Kier molecular flexibility index (Phi) is 6.23. The minimum absolute atomic E-state index is 0.0195. The molecule has 0 amide bonds. The maximum atomic E-state index is 12.7. The Morgan fingerprint density at radius 2 is 1.77 bits per heavy atom. The van der Waals surface area contributed by atoms with E-state index in [0.717, 1.165) is 23.9 Å². The monoisotopic (exact) mass is 338 g/mol. The van der Waals surface area contributed by atoms with E-state index in [4.69, 9.17) is 0 Å². The Morgan fingerprint density at radius 3 is 2.27 bits per heavy atom. The molecule has 1 aromatic carbocycles. The molecule has 22 heavy (non-hydrogen) atoms. The van der Waals surface area contributed by atoms with Crippen molar-refractivity contribution in [2.45, 2.75) is 25.6 Å². The Bertz CT molecular complexity index is 570. The summed E-state index contributed by atoms with van der Waals surface area (Å²) in [7, 11) is 0. The third-order valence-corrected chi connectivity index (χ3v) is 3.01. The van der Waals surface area contributed by atoms with Gasteiger partial charge in [-0.3, -0.25) is 4.79 Å². The van der Waals surface area contributed by atoms with Crippen LogP contribution in [0.25, 0.3) is 0 Å². The number of thioether (sulfide) groups is 1. The lowest BCUT2D eigenvalue weighted by Gasteiger charge is -2.20. The summed E-state index contributed by atoms with van der Waals surface area (Å²) in [5.41, 5.74) is 0.440. The highest BCUT2D eigenvalue weighted by Gasteiger charge is 2.61. The average Bonchev–Trinajstić information content (AvgIpc) is 2.38. The van der Waals surface area contributed by atoms with Crippen LogP contribution < -0.4 is 4.74 Å². The first-order valence-corrected chi connectivity index (χ1v) is 6.96. The standard InChI is InChI=1S/C14H11F5O2S/c1-10(20)22-9-3-2-4-11-5-7-12(8-6-11)21-14(18,19)13(15,16)17/h5-8H,3,9H2,1H3. The van der Waals surface area contributed by atoms with Gasteiger partial charge < -0.3 is 4.74 Å². The van der Waals surface area contributed by atoms with Crippen molar-refractivity contribution in [2.24, 2.45) is 0 Å². The first kappa shape index (κ1) is 18.3. The minimum Gasteiger partial charge on any atom is -0.426 e. The second-order valence-electron chi connectivity index (χ2n) is 4.03. The Balaban J connectivity index is 2.61. The summed E-state index contributed by atoms with van der Waals surface area (Å²) >= 11 is 1.13. The summed E-state index contributed by atoms with van der Waals surface area (Å²) in [6.07, 6.45) is -10.6. The highest BCUT2D eigenvalue weighted by molar-refractivity contribution is 8.13. The van der Waals surface area contributed by atoms with Crippen LogP contribution in [0.15, 0.2) is 24.3 Å². The van der Waals surface area contributed by atoms with Crippen LogP contribution in [0.4, 0.5) is 22.0 Å². The lowest BCUT2D eigenvalue weighted by atomic mass is 10.2. The molecule has 1 rings (SSSR count). The molecule has 0 aliphatic carbocycles. The summed E-state index contributed by atoms with van der Waals surface area (Å²) in [6.45, 7) is 1.44. The molecule has 1 aromatic rings. The molecule has 0 radical (unpaired) electrons. The van der Waals surface area contributed by atoms with Crippen molar-refractivity contribution < 1.29 is 31.5 Å². The summed E-state index contributed by atoms with van der Waals surface area (Å²) in [6, 6.07) is 4.50. The summed E-state index contributed by atoms with van der Waals surface area (Å²) in [5.74, 6) is 5.37. The van der Waals surface area contributed by atoms with Crippen molar-refractivity contribution in [1.29, 1.82) is 0 Å². The molecule has 0 aliphatic rings. The molecule has 120 valence electrons. The average molecular weight is 338 g/mol. The van der Waals surface area contributed by atoms with Gasteiger partial charge in [-0.15, -0.1) is 0 Å². The van der Waals surface area contributed by atoms with E-state index in [9.17, 15) is 26.7 Å². The molecule has 0 N–H and O–H groups in total. The van der Waals surface area contributed by atoms with E-state index >= 15 is 0 Å². The highest BCUT2D eigenvalue weighted by Crippen LogP contribution is 2.37. The molecule has 0 heterocycles. The van der Waals surface area contributed by atoms with Gasteiger partial charge in [0, 0.05) is 24.7 Å². The third-order valence-electron chi connectivity index (χ3n) is 2.20. The fourth-order valence-electron chi connectivity index (χ4n) is 1.22. The van der Waals surface area contributed by atoms with Gasteiger partial charge >= 0.3 is 12.3 Å². The third kappa shape index (κ3) is 5.93. The van der Waals surface area contributed by atoms with Crippen LogP contribution >= 0.6 is 11.8 Å². The van der Waals surface area contributed by atoms with Gasteiger partial charge in [0.25, 0.3) is 0 Å². The zero-order chi connectivity index (χ0) is 16.8. The Labute approximate surface area is 128 Å². The highest BCUT2D eigenvalue weighted by atomic mass is 32.2. The number of benzene rings is 1. The van der Waals surface area contributed by atoms with E-state index in [1.807, 2.05) is 0 Å². The zero-order valence-corrected chi connectivity index (χ0v) is 12.2. The molecule has 0 spiro atoms. The number of ether oxygens (including phenoxy) is 1. The van der Waals surface area contributed by atoms with E-state index < -0.39 is 18.0 Å². The molecule has 0 atom stereocenters. The number of carbonyl (C=O) groups excluding carboxylic acids is 1. The second-order valence-corrected chi connectivity index (χ2v) is 5.30. The summed E-state index contributed by atoms with van der Waals surface area (Å²) < 4.78 is 64.9. The molecule has 0 saturated carbocycles. The number of alkyl halides is 5. The van der Waals surface area contributed by atoms with Crippen LogP contribution in [0, 0.1) is 11.8 Å². The van der Waals surface area contributed by atoms with E-state index in [0.29, 0.717) is 17.7 Å². The predicted octanol–water partition coefficient (Wildman–Crippen LogP) is 4.24. The SMILES string of the molecule is CC(=O)SCCC#Cc1ccc(OC(F)(F)C(F)(F)F)cc1. The van der Waals surface area contributed by atoms with Crippen LogP contribution in [0.3, 0.4) is 0 Å². The van der Waals surface area contributed by atoms with Crippen LogP contribution in [0.1, 0.15) is 18.9 Å². The number of hydrogen-bond acceptors (Lipinski definition) is 3. The minimum atomic E-state index is -5.78. The van der Waals surface area contributed by atoms with Crippen molar-refractivity contribution in [3.8, 4) is 17.6 Å². The van der Waals surface area contributed by atoms with E-state index in [1.54, 1.807) is 0 Å². The Morgan fingerprint density at radius 1 is 1.18 bits per heavy atom. The molecule has 2 nitrogen and oxygen atoms in total. The Hall–Kier alpha value is -1.75. The van der Waals surface area contributed by atoms with Gasteiger partial charge in [0.1, 0.15) is 5.75 Å². The zero-order valence-electron chi connectivity index (χ0n) is 11.3. The number of hydrogen-bond donors (Lipinski definition) is 0. The second kappa shape index (κ2) is 7.49. The number of carbonyl (C=O) groups is 1. The van der Waals surface area contributed by atoms with Gasteiger partial charge in [0.05, 0.1) is 0 Å². The molecule has 8 heteroatoms. The van der Waals surface area contributed by atoms with Crippen LogP contribution in [0.5, 0.6) is 5.75 Å². The topological polar surface area (TPSA) is 26.3 Å². The smallest absolute Gasteiger partial charge is 0.426 e. The molecule has 0 fully saturated rings. The van der Waals surface area contributed by atoms with Gasteiger partial charge in [-0.2, -0.15) is 22.0 Å². The lowest BCUT2D eigenvalue weighted by molar-refractivity contribution is -0.360. The summed E-state index contributed by atoms with van der Waals surface area (Å²) in [4.78, 5) is 10.7. The van der Waals surface area contributed by atoms with Crippen molar-refractivity contribution >= 4 is 16.9 Å². The molecule has 0 aromatic heterocycles. The van der Waals surface area contributed by atoms with Crippen LogP contribution in [0.2, 0.25) is 0 Å². The van der Waals surface area contributed by atoms with E-state index in [2.05, 4.69) is 16.6 Å². The van der Waals surface area contributed by atoms with Crippen molar-refractivity contribution in [2.75, 3.05) is 5.75 Å². The van der Waals surface area contributed by atoms with Crippen LogP contribution in [-0.2, 0) is 4.79 Å². The molecule has 0 bridgehead atoms. The lowest BCUT2D eigenvalue weighted by Crippen LogP contribution is -2.41.